The maximum atomic E-state index is 13.2. The number of hydrogen-bond donors (Lipinski definition) is 2. The lowest BCUT2D eigenvalue weighted by Crippen LogP contribution is -2.58. The molecule has 2 heterocycles. The third kappa shape index (κ3) is 2.43. The minimum Gasteiger partial charge on any atom is -0.367 e. The molecular formula is C15H16FN3O3. The molecular weight excluding hydrogens is 289 g/mol. The summed E-state index contributed by atoms with van der Waals surface area (Å²) in [7, 11) is 0. The Kier molecular flexibility index (Phi) is 3.37. The van der Waals surface area contributed by atoms with Crippen LogP contribution in [0, 0.1) is 5.82 Å². The molecule has 1 saturated heterocycles. The largest absolute Gasteiger partial charge is 0.367 e. The Bertz CT molecular complexity index is 758. The first-order valence-electron chi connectivity index (χ1n) is 6.90. The number of hydrogen-bond acceptors (Lipinski definition) is 3. The fraction of sp³-hybridized carbons (Fsp3) is 0.333. The van der Waals surface area contributed by atoms with Gasteiger partial charge in [-0.3, -0.25) is 9.59 Å². The number of halogens is 1. The van der Waals surface area contributed by atoms with Gasteiger partial charge in [0.2, 0.25) is 0 Å². The number of carbonyl (C=O) groups excluding carboxylic acids is 2. The molecule has 22 heavy (non-hydrogen) atoms. The van der Waals surface area contributed by atoms with Crippen molar-refractivity contribution >= 4 is 22.7 Å². The fourth-order valence-electron chi connectivity index (χ4n) is 2.58. The van der Waals surface area contributed by atoms with E-state index in [9.17, 15) is 14.0 Å². The number of morpholine rings is 1. The molecule has 1 atom stereocenters. The van der Waals surface area contributed by atoms with Crippen LogP contribution in [0.25, 0.3) is 10.9 Å². The molecule has 1 fully saturated rings. The van der Waals surface area contributed by atoms with Crippen molar-refractivity contribution in [1.82, 2.24) is 9.88 Å². The van der Waals surface area contributed by atoms with Gasteiger partial charge in [0, 0.05) is 17.4 Å². The highest BCUT2D eigenvalue weighted by molar-refractivity contribution is 5.98. The molecule has 0 saturated carbocycles. The number of nitrogens with zero attached hydrogens (tertiary/aromatic N) is 1. The SMILES string of the molecule is CC1(C(N)=O)CN(C(=O)c2cc3ccc(F)cc3[nH]2)CCO1. The first kappa shape index (κ1) is 14.5. The second kappa shape index (κ2) is 5.10. The van der Waals surface area contributed by atoms with Crippen molar-refractivity contribution in [2.45, 2.75) is 12.5 Å². The molecule has 3 rings (SSSR count). The molecule has 1 aromatic heterocycles. The molecule has 2 amide bonds. The zero-order valence-corrected chi connectivity index (χ0v) is 12.1. The number of primary amides is 1. The third-order valence-electron chi connectivity index (χ3n) is 3.90. The van der Waals surface area contributed by atoms with Gasteiger partial charge < -0.3 is 20.4 Å². The van der Waals surface area contributed by atoms with E-state index in [0.29, 0.717) is 17.8 Å². The quantitative estimate of drug-likeness (QED) is 0.868. The summed E-state index contributed by atoms with van der Waals surface area (Å²) in [5.74, 6) is -1.25. The zero-order chi connectivity index (χ0) is 15.9. The molecule has 1 unspecified atom stereocenters. The number of amides is 2. The van der Waals surface area contributed by atoms with E-state index >= 15 is 0 Å². The van der Waals surface area contributed by atoms with Crippen LogP contribution in [0.15, 0.2) is 24.3 Å². The molecule has 1 aliphatic rings. The molecule has 3 N–H and O–H groups in total. The van der Waals surface area contributed by atoms with Crippen LogP contribution in [0.5, 0.6) is 0 Å². The lowest BCUT2D eigenvalue weighted by molar-refractivity contribution is -0.150. The van der Waals surface area contributed by atoms with Crippen molar-refractivity contribution in [3.05, 3.63) is 35.8 Å². The molecule has 1 aromatic carbocycles. The van der Waals surface area contributed by atoms with E-state index < -0.39 is 11.5 Å². The van der Waals surface area contributed by atoms with Crippen LogP contribution in [0.4, 0.5) is 4.39 Å². The Morgan fingerprint density at radius 1 is 1.41 bits per heavy atom. The zero-order valence-electron chi connectivity index (χ0n) is 12.1. The number of aromatic nitrogens is 1. The van der Waals surface area contributed by atoms with Crippen molar-refractivity contribution in [2.75, 3.05) is 19.7 Å². The first-order chi connectivity index (χ1) is 10.4. The Morgan fingerprint density at radius 3 is 2.91 bits per heavy atom. The summed E-state index contributed by atoms with van der Waals surface area (Å²) in [5, 5.41) is 0.746. The Balaban J connectivity index is 1.87. The van der Waals surface area contributed by atoms with Gasteiger partial charge in [0.15, 0.2) is 5.60 Å². The topological polar surface area (TPSA) is 88.4 Å². The molecule has 2 aromatic rings. The number of aromatic amines is 1. The average molecular weight is 305 g/mol. The van der Waals surface area contributed by atoms with Gasteiger partial charge in [-0.2, -0.15) is 0 Å². The van der Waals surface area contributed by atoms with E-state index in [0.717, 1.165) is 5.39 Å². The predicted octanol–water partition coefficient (Wildman–Crippen LogP) is 1.02. The molecule has 7 heteroatoms. The van der Waals surface area contributed by atoms with Crippen molar-refractivity contribution in [1.29, 1.82) is 0 Å². The van der Waals surface area contributed by atoms with Crippen LogP contribution in [0.2, 0.25) is 0 Å². The summed E-state index contributed by atoms with van der Waals surface area (Å²) in [5.41, 5.74) is 5.03. The molecule has 0 bridgehead atoms. The summed E-state index contributed by atoms with van der Waals surface area (Å²) in [6, 6.07) is 5.93. The van der Waals surface area contributed by atoms with Gasteiger partial charge in [0.1, 0.15) is 11.5 Å². The van der Waals surface area contributed by atoms with Crippen LogP contribution in [-0.2, 0) is 9.53 Å². The Morgan fingerprint density at radius 2 is 2.18 bits per heavy atom. The lowest BCUT2D eigenvalue weighted by Gasteiger charge is -2.38. The van der Waals surface area contributed by atoms with Gasteiger partial charge in [0.25, 0.3) is 11.8 Å². The molecule has 0 aliphatic carbocycles. The Labute approximate surface area is 126 Å². The van der Waals surface area contributed by atoms with E-state index in [1.807, 2.05) is 0 Å². The summed E-state index contributed by atoms with van der Waals surface area (Å²) >= 11 is 0. The van der Waals surface area contributed by atoms with Crippen LogP contribution < -0.4 is 5.73 Å². The summed E-state index contributed by atoms with van der Waals surface area (Å²) < 4.78 is 18.6. The molecule has 6 nitrogen and oxygen atoms in total. The third-order valence-corrected chi connectivity index (χ3v) is 3.90. The highest BCUT2D eigenvalue weighted by atomic mass is 19.1. The first-order valence-corrected chi connectivity index (χ1v) is 6.90. The number of nitrogens with two attached hydrogens (primary N) is 1. The van der Waals surface area contributed by atoms with Gasteiger partial charge in [-0.25, -0.2) is 4.39 Å². The smallest absolute Gasteiger partial charge is 0.270 e. The highest BCUT2D eigenvalue weighted by Gasteiger charge is 2.39. The highest BCUT2D eigenvalue weighted by Crippen LogP contribution is 2.21. The van der Waals surface area contributed by atoms with Crippen LogP contribution in [0.1, 0.15) is 17.4 Å². The number of fused-ring (bicyclic) bond motifs is 1. The van der Waals surface area contributed by atoms with Gasteiger partial charge in [-0.1, -0.05) is 0 Å². The summed E-state index contributed by atoms with van der Waals surface area (Å²) in [6.45, 7) is 2.26. The minimum absolute atomic E-state index is 0.0882. The Hall–Kier alpha value is -2.41. The van der Waals surface area contributed by atoms with E-state index in [4.69, 9.17) is 10.5 Å². The second-order valence-corrected chi connectivity index (χ2v) is 5.58. The maximum absolute atomic E-state index is 13.2. The van der Waals surface area contributed by atoms with Crippen LogP contribution in [0.3, 0.4) is 0 Å². The van der Waals surface area contributed by atoms with Gasteiger partial charge in [-0.05, 0) is 31.2 Å². The predicted molar refractivity (Wildman–Crippen MR) is 77.7 cm³/mol. The van der Waals surface area contributed by atoms with E-state index in [-0.39, 0.29) is 24.9 Å². The molecule has 0 spiro atoms. The standard InChI is InChI=1S/C15H16FN3O3/c1-15(14(17)21)8-19(4-5-22-15)13(20)12-6-9-2-3-10(16)7-11(9)18-12/h2-3,6-7,18H,4-5,8H2,1H3,(H2,17,21). The van der Waals surface area contributed by atoms with Crippen LogP contribution >= 0.6 is 0 Å². The fourth-order valence-corrected chi connectivity index (χ4v) is 2.58. The lowest BCUT2D eigenvalue weighted by atomic mass is 10.0. The number of H-pyrrole nitrogens is 1. The van der Waals surface area contributed by atoms with Crippen molar-refractivity contribution in [3.63, 3.8) is 0 Å². The molecule has 116 valence electrons. The van der Waals surface area contributed by atoms with Crippen LogP contribution in [-0.4, -0.2) is 47.0 Å². The number of rotatable bonds is 2. The molecule has 1 aliphatic heterocycles. The van der Waals surface area contributed by atoms with E-state index in [1.165, 1.54) is 17.0 Å². The number of carbonyl (C=O) groups is 2. The van der Waals surface area contributed by atoms with Gasteiger partial charge >= 0.3 is 0 Å². The van der Waals surface area contributed by atoms with E-state index in [2.05, 4.69) is 4.98 Å². The van der Waals surface area contributed by atoms with Crippen molar-refractivity contribution < 1.29 is 18.7 Å². The monoisotopic (exact) mass is 305 g/mol. The van der Waals surface area contributed by atoms with E-state index in [1.54, 1.807) is 19.1 Å². The summed E-state index contributed by atoms with van der Waals surface area (Å²) in [6.07, 6.45) is 0. The number of nitrogens with one attached hydrogen (secondary N) is 1. The maximum Gasteiger partial charge on any atom is 0.270 e. The summed E-state index contributed by atoms with van der Waals surface area (Å²) in [4.78, 5) is 28.4. The minimum atomic E-state index is -1.19. The van der Waals surface area contributed by atoms with Crippen molar-refractivity contribution in [3.8, 4) is 0 Å². The average Bonchev–Trinajstić information content (AvgIpc) is 2.89. The number of ether oxygens (including phenoxy) is 1. The van der Waals surface area contributed by atoms with Gasteiger partial charge in [-0.15, -0.1) is 0 Å². The number of benzene rings is 1. The molecule has 0 radical (unpaired) electrons. The normalized spacial score (nSPS) is 22.0. The van der Waals surface area contributed by atoms with Gasteiger partial charge in [0.05, 0.1) is 13.2 Å². The van der Waals surface area contributed by atoms with Crippen molar-refractivity contribution in [2.24, 2.45) is 5.73 Å². The second-order valence-electron chi connectivity index (χ2n) is 5.58.